The number of aliphatic imine (C=N–C) groups is 1. The Morgan fingerprint density at radius 1 is 1.42 bits per heavy atom. The first-order valence-electron chi connectivity index (χ1n) is 4.62. The Labute approximate surface area is 72.7 Å². The number of hydrogen-bond donors (Lipinski definition) is 1. The zero-order valence-corrected chi connectivity index (χ0v) is 7.16. The van der Waals surface area contributed by atoms with Crippen molar-refractivity contribution in [3.63, 3.8) is 0 Å². The summed E-state index contributed by atoms with van der Waals surface area (Å²) in [4.78, 5) is 7.62. The molecule has 0 atom stereocenters. The average molecular weight is 162 g/mol. The predicted molar refractivity (Wildman–Crippen MR) is 50.6 cm³/mol. The molecule has 2 rings (SSSR count). The fourth-order valence-corrected chi connectivity index (χ4v) is 1.66. The van der Waals surface area contributed by atoms with Gasteiger partial charge < -0.3 is 4.98 Å². The number of nitrogens with one attached hydrogen (secondary N) is 1. The van der Waals surface area contributed by atoms with Crippen molar-refractivity contribution in [2.45, 2.75) is 31.7 Å². The van der Waals surface area contributed by atoms with E-state index in [-0.39, 0.29) is 0 Å². The molecular formula is C10H14N2. The lowest BCUT2D eigenvalue weighted by Gasteiger charge is -1.98. The van der Waals surface area contributed by atoms with Crippen LogP contribution in [-0.2, 0) is 0 Å². The summed E-state index contributed by atoms with van der Waals surface area (Å²) in [5.74, 6) is 0. The molecule has 2 nitrogen and oxygen atoms in total. The quantitative estimate of drug-likeness (QED) is 0.647. The minimum Gasteiger partial charge on any atom is -0.360 e. The van der Waals surface area contributed by atoms with E-state index in [1.165, 1.54) is 25.7 Å². The molecule has 2 heteroatoms. The highest BCUT2D eigenvalue weighted by atomic mass is 14.8. The lowest BCUT2D eigenvalue weighted by Crippen LogP contribution is -1.96. The van der Waals surface area contributed by atoms with Crippen LogP contribution < -0.4 is 0 Å². The molecule has 1 aromatic heterocycles. The van der Waals surface area contributed by atoms with Crippen molar-refractivity contribution >= 4 is 6.21 Å². The molecular weight excluding hydrogens is 148 g/mol. The Morgan fingerprint density at radius 2 is 2.25 bits per heavy atom. The summed E-state index contributed by atoms with van der Waals surface area (Å²) in [6, 6.07) is 4.63. The molecule has 1 aromatic rings. The van der Waals surface area contributed by atoms with Gasteiger partial charge in [0, 0.05) is 12.4 Å². The SMILES string of the molecule is C(=N\C1CCCC1)/c1ccc[nH]1. The third-order valence-electron chi connectivity index (χ3n) is 2.37. The first kappa shape index (κ1) is 7.59. The average Bonchev–Trinajstić information content (AvgIpc) is 2.74. The van der Waals surface area contributed by atoms with Crippen LogP contribution in [-0.4, -0.2) is 17.2 Å². The molecule has 1 aliphatic carbocycles. The molecule has 0 amide bonds. The second kappa shape index (κ2) is 3.57. The molecule has 1 N–H and O–H groups in total. The van der Waals surface area contributed by atoms with E-state index < -0.39 is 0 Å². The van der Waals surface area contributed by atoms with Crippen molar-refractivity contribution in [2.24, 2.45) is 4.99 Å². The smallest absolute Gasteiger partial charge is 0.0561 e. The molecule has 0 aromatic carbocycles. The van der Waals surface area contributed by atoms with Gasteiger partial charge >= 0.3 is 0 Å². The first-order chi connectivity index (χ1) is 5.95. The van der Waals surface area contributed by atoms with Crippen molar-refractivity contribution in [3.8, 4) is 0 Å². The standard InChI is InChI=1S/C10H14N2/c1-2-5-9(4-1)12-8-10-6-3-7-11-10/h3,6-9,11H,1-2,4-5H2/b12-8+. The number of hydrogen-bond acceptors (Lipinski definition) is 1. The van der Waals surface area contributed by atoms with E-state index in [0.29, 0.717) is 6.04 Å². The Balaban J connectivity index is 1.93. The lowest BCUT2D eigenvalue weighted by atomic mass is 10.3. The van der Waals surface area contributed by atoms with Crippen molar-refractivity contribution in [1.82, 2.24) is 4.98 Å². The number of nitrogens with zero attached hydrogens (tertiary/aromatic N) is 1. The third-order valence-corrected chi connectivity index (χ3v) is 2.37. The topological polar surface area (TPSA) is 28.1 Å². The van der Waals surface area contributed by atoms with Crippen LogP contribution in [0.5, 0.6) is 0 Å². The zero-order valence-electron chi connectivity index (χ0n) is 7.16. The van der Waals surface area contributed by atoms with Gasteiger partial charge in [-0.05, 0) is 25.0 Å². The fraction of sp³-hybridized carbons (Fsp3) is 0.500. The summed E-state index contributed by atoms with van der Waals surface area (Å²) in [6.07, 6.45) is 9.14. The molecule has 1 fully saturated rings. The minimum absolute atomic E-state index is 0.591. The van der Waals surface area contributed by atoms with Crippen molar-refractivity contribution in [2.75, 3.05) is 0 Å². The molecule has 64 valence electrons. The van der Waals surface area contributed by atoms with Gasteiger partial charge in [-0.15, -0.1) is 0 Å². The highest BCUT2D eigenvalue weighted by Crippen LogP contribution is 2.20. The minimum atomic E-state index is 0.591. The highest BCUT2D eigenvalue weighted by molar-refractivity contribution is 5.77. The molecule has 1 heterocycles. The van der Waals surface area contributed by atoms with E-state index in [9.17, 15) is 0 Å². The normalized spacial score (nSPS) is 19.3. The van der Waals surface area contributed by atoms with Crippen molar-refractivity contribution in [3.05, 3.63) is 24.0 Å². The molecule has 0 bridgehead atoms. The second-order valence-corrected chi connectivity index (χ2v) is 3.34. The van der Waals surface area contributed by atoms with E-state index in [4.69, 9.17) is 0 Å². The van der Waals surface area contributed by atoms with Crippen LogP contribution in [0.25, 0.3) is 0 Å². The van der Waals surface area contributed by atoms with Gasteiger partial charge in [0.2, 0.25) is 0 Å². The van der Waals surface area contributed by atoms with E-state index >= 15 is 0 Å². The first-order valence-corrected chi connectivity index (χ1v) is 4.62. The van der Waals surface area contributed by atoms with Gasteiger partial charge in [-0.3, -0.25) is 4.99 Å². The number of H-pyrrole nitrogens is 1. The molecule has 0 aliphatic heterocycles. The van der Waals surface area contributed by atoms with Gasteiger partial charge in [0.15, 0.2) is 0 Å². The highest BCUT2D eigenvalue weighted by Gasteiger charge is 2.11. The number of rotatable bonds is 2. The Bertz CT molecular complexity index is 243. The Morgan fingerprint density at radius 3 is 2.92 bits per heavy atom. The summed E-state index contributed by atoms with van der Waals surface area (Å²) in [5, 5.41) is 0. The van der Waals surface area contributed by atoms with Crippen LogP contribution in [0.15, 0.2) is 23.3 Å². The van der Waals surface area contributed by atoms with E-state index in [0.717, 1.165) is 5.69 Å². The molecule has 0 spiro atoms. The molecule has 12 heavy (non-hydrogen) atoms. The summed E-state index contributed by atoms with van der Waals surface area (Å²) in [6.45, 7) is 0. The van der Waals surface area contributed by atoms with E-state index in [1.54, 1.807) is 0 Å². The summed E-state index contributed by atoms with van der Waals surface area (Å²) < 4.78 is 0. The lowest BCUT2D eigenvalue weighted by molar-refractivity contribution is 0.710. The van der Waals surface area contributed by atoms with Crippen LogP contribution in [0.1, 0.15) is 31.4 Å². The maximum Gasteiger partial charge on any atom is 0.0561 e. The largest absolute Gasteiger partial charge is 0.360 e. The second-order valence-electron chi connectivity index (χ2n) is 3.34. The summed E-state index contributed by atoms with van der Waals surface area (Å²) in [5.41, 5.74) is 1.11. The Hall–Kier alpha value is -1.05. The van der Waals surface area contributed by atoms with Crippen LogP contribution >= 0.6 is 0 Å². The van der Waals surface area contributed by atoms with Gasteiger partial charge in [-0.1, -0.05) is 12.8 Å². The van der Waals surface area contributed by atoms with E-state index in [1.807, 2.05) is 24.5 Å². The van der Waals surface area contributed by atoms with Gasteiger partial charge in [-0.25, -0.2) is 0 Å². The maximum absolute atomic E-state index is 4.51. The summed E-state index contributed by atoms with van der Waals surface area (Å²) in [7, 11) is 0. The van der Waals surface area contributed by atoms with Gasteiger partial charge in [0.05, 0.1) is 11.7 Å². The van der Waals surface area contributed by atoms with Crippen molar-refractivity contribution < 1.29 is 0 Å². The Kier molecular flexibility index (Phi) is 2.26. The number of aromatic nitrogens is 1. The molecule has 0 radical (unpaired) electrons. The number of aromatic amines is 1. The third kappa shape index (κ3) is 1.76. The van der Waals surface area contributed by atoms with Gasteiger partial charge in [0.1, 0.15) is 0 Å². The monoisotopic (exact) mass is 162 g/mol. The maximum atomic E-state index is 4.51. The van der Waals surface area contributed by atoms with Gasteiger partial charge in [0.25, 0.3) is 0 Å². The van der Waals surface area contributed by atoms with Crippen molar-refractivity contribution in [1.29, 1.82) is 0 Å². The summed E-state index contributed by atoms with van der Waals surface area (Å²) >= 11 is 0. The molecule has 1 aliphatic rings. The molecule has 1 saturated carbocycles. The van der Waals surface area contributed by atoms with Crippen LogP contribution in [0.3, 0.4) is 0 Å². The zero-order chi connectivity index (χ0) is 8.23. The van der Waals surface area contributed by atoms with Crippen LogP contribution in [0.2, 0.25) is 0 Å². The van der Waals surface area contributed by atoms with Gasteiger partial charge in [-0.2, -0.15) is 0 Å². The van der Waals surface area contributed by atoms with E-state index in [2.05, 4.69) is 9.98 Å². The molecule has 0 unspecified atom stereocenters. The fourth-order valence-electron chi connectivity index (χ4n) is 1.66. The predicted octanol–water partition coefficient (Wildman–Crippen LogP) is 2.38. The van der Waals surface area contributed by atoms with Crippen LogP contribution in [0, 0.1) is 0 Å². The molecule has 0 saturated heterocycles. The van der Waals surface area contributed by atoms with Crippen LogP contribution in [0.4, 0.5) is 0 Å².